The van der Waals surface area contributed by atoms with Crippen molar-refractivity contribution in [2.24, 2.45) is 0 Å². The van der Waals surface area contributed by atoms with Crippen LogP contribution in [0.3, 0.4) is 0 Å². The topological polar surface area (TPSA) is 22.1 Å². The average Bonchev–Trinajstić information content (AvgIpc) is 2.30. The van der Waals surface area contributed by atoms with Crippen LogP contribution in [-0.4, -0.2) is 12.1 Å². The summed E-state index contributed by atoms with van der Waals surface area (Å²) in [6.45, 7) is -0.126. The van der Waals surface area contributed by atoms with Crippen molar-refractivity contribution in [3.8, 4) is 0 Å². The van der Waals surface area contributed by atoms with Crippen LogP contribution in [0.25, 0.3) is 0 Å². The third-order valence-electron chi connectivity index (χ3n) is 1.22. The second-order valence-electron chi connectivity index (χ2n) is 2.17. The second kappa shape index (κ2) is 3.81. The molecule has 74 valence electrons. The standard InChI is InChI=1S/C6H5ClF3NOS/c1-12-2-3-4(6(8,9)10)11-5(7)13-3/h2H2,1H3. The Labute approximate surface area is 81.3 Å². The van der Waals surface area contributed by atoms with Gasteiger partial charge < -0.3 is 4.74 Å². The minimum atomic E-state index is -4.46. The molecule has 0 atom stereocenters. The number of hydrogen-bond acceptors (Lipinski definition) is 3. The summed E-state index contributed by atoms with van der Waals surface area (Å²) < 4.78 is 41.1. The molecular formula is C6H5ClF3NOS. The zero-order chi connectivity index (χ0) is 10.1. The average molecular weight is 232 g/mol. The van der Waals surface area contributed by atoms with Gasteiger partial charge in [-0.1, -0.05) is 11.6 Å². The highest BCUT2D eigenvalue weighted by atomic mass is 35.5. The van der Waals surface area contributed by atoms with E-state index < -0.39 is 11.9 Å². The fourth-order valence-corrected chi connectivity index (χ4v) is 1.91. The largest absolute Gasteiger partial charge is 0.434 e. The van der Waals surface area contributed by atoms with Gasteiger partial charge in [-0.3, -0.25) is 0 Å². The van der Waals surface area contributed by atoms with Crippen LogP contribution in [0.15, 0.2) is 0 Å². The molecule has 0 aliphatic rings. The number of methoxy groups -OCH3 is 1. The van der Waals surface area contributed by atoms with Crippen molar-refractivity contribution in [3.05, 3.63) is 15.0 Å². The van der Waals surface area contributed by atoms with E-state index in [0.29, 0.717) is 0 Å². The lowest BCUT2D eigenvalue weighted by atomic mass is 10.3. The molecule has 0 radical (unpaired) electrons. The van der Waals surface area contributed by atoms with Crippen LogP contribution in [0.4, 0.5) is 13.2 Å². The van der Waals surface area contributed by atoms with Crippen molar-refractivity contribution in [1.82, 2.24) is 4.98 Å². The van der Waals surface area contributed by atoms with E-state index in [2.05, 4.69) is 9.72 Å². The van der Waals surface area contributed by atoms with Crippen molar-refractivity contribution in [2.75, 3.05) is 7.11 Å². The smallest absolute Gasteiger partial charge is 0.379 e. The minimum absolute atomic E-state index is 0.000000000000000444. The van der Waals surface area contributed by atoms with Gasteiger partial charge in [0.1, 0.15) is 0 Å². The Morgan fingerprint density at radius 2 is 2.15 bits per heavy atom. The van der Waals surface area contributed by atoms with Crippen LogP contribution in [0.1, 0.15) is 10.6 Å². The van der Waals surface area contributed by atoms with Crippen LogP contribution in [0, 0.1) is 0 Å². The molecule has 1 aromatic heterocycles. The van der Waals surface area contributed by atoms with Crippen LogP contribution in [0.5, 0.6) is 0 Å². The SMILES string of the molecule is COCc1sc(Cl)nc1C(F)(F)F. The van der Waals surface area contributed by atoms with E-state index in [1.54, 1.807) is 0 Å². The summed E-state index contributed by atoms with van der Waals surface area (Å²) in [5.74, 6) is 0. The first kappa shape index (κ1) is 10.7. The maximum Gasteiger partial charge on any atom is 0.434 e. The van der Waals surface area contributed by atoms with Gasteiger partial charge in [-0.2, -0.15) is 13.2 Å². The lowest BCUT2D eigenvalue weighted by Gasteiger charge is -2.04. The van der Waals surface area contributed by atoms with Gasteiger partial charge >= 0.3 is 6.18 Å². The highest BCUT2D eigenvalue weighted by molar-refractivity contribution is 7.15. The molecule has 0 fully saturated rings. The molecule has 1 rings (SSSR count). The molecule has 1 heterocycles. The number of rotatable bonds is 2. The number of thiazole rings is 1. The van der Waals surface area contributed by atoms with Gasteiger partial charge in [-0.15, -0.1) is 11.3 Å². The fourth-order valence-electron chi connectivity index (χ4n) is 0.773. The summed E-state index contributed by atoms with van der Waals surface area (Å²) in [6, 6.07) is 0. The molecule has 0 saturated carbocycles. The molecule has 0 bridgehead atoms. The number of ether oxygens (including phenoxy) is 1. The van der Waals surface area contributed by atoms with Crippen molar-refractivity contribution in [3.63, 3.8) is 0 Å². The van der Waals surface area contributed by atoms with E-state index in [4.69, 9.17) is 11.6 Å². The Morgan fingerprint density at radius 1 is 1.54 bits per heavy atom. The van der Waals surface area contributed by atoms with E-state index >= 15 is 0 Å². The molecular weight excluding hydrogens is 227 g/mol. The van der Waals surface area contributed by atoms with Crippen LogP contribution in [0.2, 0.25) is 4.47 Å². The van der Waals surface area contributed by atoms with Crippen molar-refractivity contribution in [2.45, 2.75) is 12.8 Å². The third kappa shape index (κ3) is 2.55. The van der Waals surface area contributed by atoms with Gasteiger partial charge in [0.05, 0.1) is 11.5 Å². The summed E-state index contributed by atoms with van der Waals surface area (Å²) in [5, 5.41) is 0. The Kier molecular flexibility index (Phi) is 3.15. The molecule has 13 heavy (non-hydrogen) atoms. The summed E-state index contributed by atoms with van der Waals surface area (Å²) in [5.41, 5.74) is -0.954. The highest BCUT2D eigenvalue weighted by Crippen LogP contribution is 2.36. The van der Waals surface area contributed by atoms with Gasteiger partial charge in [0.15, 0.2) is 10.2 Å². The van der Waals surface area contributed by atoms with Crippen molar-refractivity contribution in [1.29, 1.82) is 0 Å². The Hall–Kier alpha value is -0.330. The quantitative estimate of drug-likeness (QED) is 0.781. The molecule has 0 spiro atoms. The molecule has 1 aromatic rings. The molecule has 0 saturated heterocycles. The maximum absolute atomic E-state index is 12.2. The fraction of sp³-hybridized carbons (Fsp3) is 0.500. The van der Waals surface area contributed by atoms with E-state index in [9.17, 15) is 13.2 Å². The van der Waals surface area contributed by atoms with Gasteiger partial charge in [-0.05, 0) is 0 Å². The number of halogens is 4. The van der Waals surface area contributed by atoms with Gasteiger partial charge in [0, 0.05) is 7.11 Å². The Bertz CT molecular complexity index is 299. The molecule has 0 amide bonds. The molecule has 2 nitrogen and oxygen atoms in total. The third-order valence-corrected chi connectivity index (χ3v) is 2.35. The maximum atomic E-state index is 12.2. The lowest BCUT2D eigenvalue weighted by Crippen LogP contribution is -2.08. The first-order chi connectivity index (χ1) is 5.95. The molecule has 0 aromatic carbocycles. The predicted octanol–water partition coefficient (Wildman–Crippen LogP) is 2.96. The van der Waals surface area contributed by atoms with Gasteiger partial charge in [0.25, 0.3) is 0 Å². The normalized spacial score (nSPS) is 12.1. The van der Waals surface area contributed by atoms with Crippen LogP contribution >= 0.6 is 22.9 Å². The summed E-state index contributed by atoms with van der Waals surface area (Å²) >= 11 is 6.13. The number of alkyl halides is 3. The van der Waals surface area contributed by atoms with E-state index in [1.807, 2.05) is 0 Å². The molecule has 0 N–H and O–H groups in total. The first-order valence-electron chi connectivity index (χ1n) is 3.16. The van der Waals surface area contributed by atoms with E-state index in [0.717, 1.165) is 11.3 Å². The zero-order valence-corrected chi connectivity index (χ0v) is 8.06. The zero-order valence-electron chi connectivity index (χ0n) is 6.48. The molecule has 0 aliphatic carbocycles. The summed E-state index contributed by atoms with van der Waals surface area (Å²) in [6.07, 6.45) is -4.46. The lowest BCUT2D eigenvalue weighted by molar-refractivity contribution is -0.141. The Morgan fingerprint density at radius 3 is 2.62 bits per heavy atom. The molecule has 0 unspecified atom stereocenters. The van der Waals surface area contributed by atoms with Crippen molar-refractivity contribution >= 4 is 22.9 Å². The Balaban J connectivity index is 3.04. The summed E-state index contributed by atoms with van der Waals surface area (Å²) in [7, 11) is 1.31. The minimum Gasteiger partial charge on any atom is -0.379 e. The van der Waals surface area contributed by atoms with E-state index in [1.165, 1.54) is 7.11 Å². The second-order valence-corrected chi connectivity index (χ2v) is 3.84. The molecule has 0 aliphatic heterocycles. The van der Waals surface area contributed by atoms with Crippen molar-refractivity contribution < 1.29 is 17.9 Å². The van der Waals surface area contributed by atoms with Gasteiger partial charge in [-0.25, -0.2) is 4.98 Å². The molecule has 7 heteroatoms. The summed E-state index contributed by atoms with van der Waals surface area (Å²) in [4.78, 5) is 3.18. The number of hydrogen-bond donors (Lipinski definition) is 0. The van der Waals surface area contributed by atoms with Crippen LogP contribution in [-0.2, 0) is 17.5 Å². The number of nitrogens with zero attached hydrogens (tertiary/aromatic N) is 1. The van der Waals surface area contributed by atoms with E-state index in [-0.39, 0.29) is 16.0 Å². The van der Waals surface area contributed by atoms with Gasteiger partial charge in [0.2, 0.25) is 0 Å². The predicted molar refractivity (Wildman–Crippen MR) is 42.8 cm³/mol. The van der Waals surface area contributed by atoms with Crippen LogP contribution < -0.4 is 0 Å². The first-order valence-corrected chi connectivity index (χ1v) is 4.36. The number of aromatic nitrogens is 1. The monoisotopic (exact) mass is 231 g/mol. The highest BCUT2D eigenvalue weighted by Gasteiger charge is 2.37.